The van der Waals surface area contributed by atoms with Gasteiger partial charge in [0.1, 0.15) is 10.9 Å². The highest BCUT2D eigenvalue weighted by molar-refractivity contribution is 7.18. The van der Waals surface area contributed by atoms with Gasteiger partial charge < -0.3 is 10.3 Å². The minimum absolute atomic E-state index is 0.0581. The van der Waals surface area contributed by atoms with Gasteiger partial charge in [-0.15, -0.1) is 11.3 Å². The zero-order valence-electron chi connectivity index (χ0n) is 13.7. The highest BCUT2D eigenvalue weighted by Gasteiger charge is 2.24. The molecule has 1 aliphatic rings. The lowest BCUT2D eigenvalue weighted by Crippen LogP contribution is -2.84. The molecule has 120 valence electrons. The van der Waals surface area contributed by atoms with E-state index in [1.54, 1.807) is 11.3 Å². The molecule has 3 rings (SSSR count). The summed E-state index contributed by atoms with van der Waals surface area (Å²) in [7, 11) is 0. The average Bonchev–Trinajstić information content (AvgIpc) is 2.84. The number of H-pyrrole nitrogens is 1. The fraction of sp³-hybridized carbons (Fsp3) is 0.647. The lowest BCUT2D eigenvalue weighted by Gasteiger charge is -2.17. The third kappa shape index (κ3) is 2.97. The summed E-state index contributed by atoms with van der Waals surface area (Å²) < 4.78 is 0. The van der Waals surface area contributed by atoms with Gasteiger partial charge in [-0.1, -0.05) is 20.3 Å². The van der Waals surface area contributed by atoms with E-state index in [1.165, 1.54) is 29.7 Å². The summed E-state index contributed by atoms with van der Waals surface area (Å²) >= 11 is 1.73. The van der Waals surface area contributed by atoms with E-state index in [2.05, 4.69) is 31.1 Å². The first-order chi connectivity index (χ1) is 10.6. The lowest BCUT2D eigenvalue weighted by atomic mass is 9.89. The summed E-state index contributed by atoms with van der Waals surface area (Å²) in [5.41, 5.74) is 1.32. The van der Waals surface area contributed by atoms with Gasteiger partial charge in [0.2, 0.25) is 0 Å². The molecule has 0 bridgehead atoms. The van der Waals surface area contributed by atoms with Crippen molar-refractivity contribution in [3.05, 3.63) is 26.6 Å². The van der Waals surface area contributed by atoms with Crippen molar-refractivity contribution in [3.63, 3.8) is 0 Å². The Morgan fingerprint density at radius 2 is 2.32 bits per heavy atom. The van der Waals surface area contributed by atoms with Crippen LogP contribution in [0, 0.1) is 5.92 Å². The number of nitrogens with zero attached hydrogens (tertiary/aromatic N) is 1. The Hall–Kier alpha value is -1.20. The molecule has 3 N–H and O–H groups in total. The molecule has 22 heavy (non-hydrogen) atoms. The van der Waals surface area contributed by atoms with E-state index >= 15 is 0 Å². The Balaban J connectivity index is 1.94. The largest absolute Gasteiger partial charge is 0.338 e. The SMILES string of the molecule is CCCC[NH2+][C@H](C)c1nc2sc3c(c2c(=O)[nH]1)CC[C@@H](C)C3. The van der Waals surface area contributed by atoms with Crippen LogP contribution in [-0.4, -0.2) is 16.5 Å². The van der Waals surface area contributed by atoms with Gasteiger partial charge in [-0.05, 0) is 44.1 Å². The van der Waals surface area contributed by atoms with Crippen molar-refractivity contribution < 1.29 is 5.32 Å². The topological polar surface area (TPSA) is 62.4 Å². The maximum atomic E-state index is 12.5. The van der Waals surface area contributed by atoms with Crippen LogP contribution in [0.5, 0.6) is 0 Å². The quantitative estimate of drug-likeness (QED) is 0.832. The van der Waals surface area contributed by atoms with Crippen molar-refractivity contribution >= 4 is 21.6 Å². The molecule has 0 aromatic carbocycles. The van der Waals surface area contributed by atoms with Gasteiger partial charge >= 0.3 is 0 Å². The highest BCUT2D eigenvalue weighted by Crippen LogP contribution is 2.35. The second-order valence-electron chi connectivity index (χ2n) is 6.65. The second kappa shape index (κ2) is 6.50. The number of hydrogen-bond acceptors (Lipinski definition) is 3. The molecule has 2 heterocycles. The fourth-order valence-electron chi connectivity index (χ4n) is 3.26. The predicted molar refractivity (Wildman–Crippen MR) is 91.5 cm³/mol. The maximum Gasteiger partial charge on any atom is 0.260 e. The number of aromatic nitrogens is 2. The zero-order valence-corrected chi connectivity index (χ0v) is 14.6. The minimum atomic E-state index is 0.0581. The standard InChI is InChI=1S/C17H25N3OS/c1-4-5-8-18-11(3)15-19-16(21)14-12-7-6-10(2)9-13(12)22-17(14)20-15/h10-11,18H,4-9H2,1-3H3,(H,19,20,21)/p+1/t10-,11-/m1/s1. The number of unbranched alkanes of at least 4 members (excludes halogenated alkanes) is 1. The van der Waals surface area contributed by atoms with Crippen LogP contribution in [0.4, 0.5) is 0 Å². The third-order valence-corrected chi connectivity index (χ3v) is 5.84. The average molecular weight is 320 g/mol. The van der Waals surface area contributed by atoms with Crippen LogP contribution in [0.1, 0.15) is 62.3 Å². The Labute approximate surface area is 135 Å². The monoisotopic (exact) mass is 320 g/mol. The molecule has 0 spiro atoms. The van der Waals surface area contributed by atoms with E-state index in [1.807, 2.05) is 0 Å². The molecule has 0 radical (unpaired) electrons. The van der Waals surface area contributed by atoms with Gasteiger partial charge in [-0.3, -0.25) is 4.79 Å². The third-order valence-electron chi connectivity index (χ3n) is 4.69. The Bertz CT molecular complexity index is 718. The first kappa shape index (κ1) is 15.7. The highest BCUT2D eigenvalue weighted by atomic mass is 32.1. The molecule has 0 amide bonds. The molecule has 1 aliphatic carbocycles. The summed E-state index contributed by atoms with van der Waals surface area (Å²) in [5.74, 6) is 1.54. The normalized spacial score (nSPS) is 19.3. The Morgan fingerprint density at radius 3 is 3.09 bits per heavy atom. The van der Waals surface area contributed by atoms with Crippen molar-refractivity contribution in [1.82, 2.24) is 9.97 Å². The molecular formula is C17H26N3OS+. The predicted octanol–water partition coefficient (Wildman–Crippen LogP) is 2.53. The number of rotatable bonds is 5. The molecule has 0 saturated heterocycles. The number of aromatic amines is 1. The molecule has 0 fully saturated rings. The van der Waals surface area contributed by atoms with E-state index in [9.17, 15) is 4.79 Å². The van der Waals surface area contributed by atoms with Gasteiger partial charge in [0, 0.05) is 4.88 Å². The molecule has 4 nitrogen and oxygen atoms in total. The van der Waals surface area contributed by atoms with Crippen molar-refractivity contribution in [2.24, 2.45) is 5.92 Å². The Morgan fingerprint density at radius 1 is 1.50 bits per heavy atom. The van der Waals surface area contributed by atoms with Crippen LogP contribution >= 0.6 is 11.3 Å². The van der Waals surface area contributed by atoms with Crippen molar-refractivity contribution in [1.29, 1.82) is 0 Å². The van der Waals surface area contributed by atoms with Crippen LogP contribution in [0.3, 0.4) is 0 Å². The van der Waals surface area contributed by atoms with Crippen LogP contribution in [0.15, 0.2) is 4.79 Å². The van der Waals surface area contributed by atoms with Crippen LogP contribution in [0.25, 0.3) is 10.2 Å². The fourth-order valence-corrected chi connectivity index (χ4v) is 4.66. The number of fused-ring (bicyclic) bond motifs is 3. The lowest BCUT2D eigenvalue weighted by molar-refractivity contribution is -0.694. The minimum Gasteiger partial charge on any atom is -0.338 e. The molecular weight excluding hydrogens is 294 g/mol. The Kier molecular flexibility index (Phi) is 4.64. The molecule has 2 atom stereocenters. The molecule has 2 aromatic rings. The van der Waals surface area contributed by atoms with Crippen molar-refractivity contribution in [2.75, 3.05) is 6.54 Å². The van der Waals surface area contributed by atoms with Gasteiger partial charge in [-0.2, -0.15) is 0 Å². The van der Waals surface area contributed by atoms with Crippen LogP contribution in [-0.2, 0) is 12.8 Å². The second-order valence-corrected chi connectivity index (χ2v) is 7.73. The van der Waals surface area contributed by atoms with E-state index in [0.717, 1.165) is 41.3 Å². The summed E-state index contributed by atoms with van der Waals surface area (Å²) in [6.45, 7) is 7.69. The molecule has 0 aliphatic heterocycles. The molecule has 5 heteroatoms. The van der Waals surface area contributed by atoms with Crippen molar-refractivity contribution in [3.8, 4) is 0 Å². The number of thiophene rings is 1. The van der Waals surface area contributed by atoms with Gasteiger partial charge in [0.05, 0.1) is 11.9 Å². The number of hydrogen-bond donors (Lipinski definition) is 2. The number of nitrogens with two attached hydrogens (primary N) is 1. The summed E-state index contributed by atoms with van der Waals surface area (Å²) in [6.07, 6.45) is 5.70. The molecule has 0 unspecified atom stereocenters. The van der Waals surface area contributed by atoms with Crippen LogP contribution in [0.2, 0.25) is 0 Å². The van der Waals surface area contributed by atoms with Crippen LogP contribution < -0.4 is 10.9 Å². The smallest absolute Gasteiger partial charge is 0.260 e. The van der Waals surface area contributed by atoms with E-state index in [4.69, 9.17) is 4.98 Å². The summed E-state index contributed by atoms with van der Waals surface area (Å²) in [5, 5.41) is 3.12. The maximum absolute atomic E-state index is 12.5. The van der Waals surface area contributed by atoms with Gasteiger partial charge in [0.25, 0.3) is 5.56 Å². The molecule has 0 saturated carbocycles. The van der Waals surface area contributed by atoms with E-state index in [0.29, 0.717) is 0 Å². The number of aryl methyl sites for hydroxylation is 1. The van der Waals surface area contributed by atoms with E-state index < -0.39 is 0 Å². The zero-order chi connectivity index (χ0) is 15.7. The molecule has 2 aromatic heterocycles. The van der Waals surface area contributed by atoms with Crippen molar-refractivity contribution in [2.45, 2.75) is 58.9 Å². The number of quaternary nitrogens is 1. The first-order valence-electron chi connectivity index (χ1n) is 8.48. The van der Waals surface area contributed by atoms with E-state index in [-0.39, 0.29) is 11.6 Å². The summed E-state index contributed by atoms with van der Waals surface area (Å²) in [6, 6.07) is 0.210. The van der Waals surface area contributed by atoms with Gasteiger partial charge in [0.15, 0.2) is 5.82 Å². The number of nitrogens with one attached hydrogen (secondary N) is 1. The summed E-state index contributed by atoms with van der Waals surface area (Å²) in [4.78, 5) is 22.7. The first-order valence-corrected chi connectivity index (χ1v) is 9.29. The van der Waals surface area contributed by atoms with Gasteiger partial charge in [-0.25, -0.2) is 4.98 Å².